The zero-order valence-electron chi connectivity index (χ0n) is 23.8. The molecule has 9 nitrogen and oxygen atoms in total. The first-order valence-electron chi connectivity index (χ1n) is 13.5. The third kappa shape index (κ3) is 8.11. The molecule has 0 spiro atoms. The Morgan fingerprint density at radius 2 is 1.88 bits per heavy atom. The molecule has 2 aromatic carbocycles. The molecule has 3 aromatic rings. The lowest BCUT2D eigenvalue weighted by molar-refractivity contribution is -0.130. The predicted molar refractivity (Wildman–Crippen MR) is 151 cm³/mol. The molecule has 0 aliphatic heterocycles. The average Bonchev–Trinajstić information content (AvgIpc) is 3.29. The number of nitrogens with one attached hydrogen (secondary N) is 1. The Balaban J connectivity index is 1.69. The van der Waals surface area contributed by atoms with Gasteiger partial charge in [0.1, 0.15) is 23.1 Å². The topological polar surface area (TPSA) is 117 Å². The molecule has 1 heterocycles. The van der Waals surface area contributed by atoms with E-state index in [9.17, 15) is 36.0 Å². The van der Waals surface area contributed by atoms with Crippen LogP contribution < -0.4 is 9.50 Å². The summed E-state index contributed by atoms with van der Waals surface area (Å²) in [5, 5.41) is 12.4. The van der Waals surface area contributed by atoms with E-state index in [1.807, 2.05) is 20.2 Å². The van der Waals surface area contributed by atoms with Crippen LogP contribution in [-0.2, 0) is 10.1 Å². The van der Waals surface area contributed by atoms with Gasteiger partial charge < -0.3 is 14.4 Å². The second kappa shape index (κ2) is 12.7. The third-order valence-corrected chi connectivity index (χ3v) is 8.42. The molecule has 4 rings (SSSR count). The van der Waals surface area contributed by atoms with E-state index in [-0.39, 0.29) is 34.4 Å². The molecule has 230 valence electrons. The Hall–Kier alpha value is -3.96. The molecular weight excluding hydrogens is 590 g/mol. The van der Waals surface area contributed by atoms with Gasteiger partial charge in [-0.05, 0) is 89.2 Å². The van der Waals surface area contributed by atoms with Gasteiger partial charge in [-0.25, -0.2) is 9.37 Å². The number of carbonyl (C=O) groups is 1. The van der Waals surface area contributed by atoms with Crippen molar-refractivity contribution in [2.45, 2.75) is 57.3 Å². The van der Waals surface area contributed by atoms with E-state index in [0.717, 1.165) is 31.7 Å². The number of carbonyl (C=O) groups excluding carboxylic acids is 1. The Kier molecular flexibility index (Phi) is 9.46. The fraction of sp³-hybridized carbons (Fsp3) is 0.414. The molecule has 1 N–H and O–H groups in total. The molecule has 1 amide bonds. The van der Waals surface area contributed by atoms with Crippen LogP contribution >= 0.6 is 0 Å². The zero-order valence-corrected chi connectivity index (χ0v) is 24.6. The number of nitrogens with zero attached hydrogens (tertiary/aromatic N) is 4. The number of hydrogen-bond acceptors (Lipinski definition) is 7. The van der Waals surface area contributed by atoms with Crippen molar-refractivity contribution in [3.63, 3.8) is 0 Å². The van der Waals surface area contributed by atoms with Crippen molar-refractivity contribution in [3.05, 3.63) is 65.2 Å². The lowest BCUT2D eigenvalue weighted by Crippen LogP contribution is -2.44. The van der Waals surface area contributed by atoms with Crippen LogP contribution in [0.5, 0.6) is 5.75 Å². The van der Waals surface area contributed by atoms with E-state index in [1.165, 1.54) is 36.4 Å². The van der Waals surface area contributed by atoms with Crippen LogP contribution in [0.25, 0.3) is 17.1 Å². The van der Waals surface area contributed by atoms with Crippen LogP contribution in [0, 0.1) is 24.1 Å². The molecule has 1 aromatic heterocycles. The molecule has 2 unspecified atom stereocenters. The van der Waals surface area contributed by atoms with Crippen LogP contribution in [-0.4, -0.2) is 66.9 Å². The van der Waals surface area contributed by atoms with E-state index in [1.54, 1.807) is 11.5 Å². The van der Waals surface area contributed by atoms with Crippen molar-refractivity contribution in [2.24, 2.45) is 0 Å². The second-order valence-corrected chi connectivity index (χ2v) is 12.4. The normalized spacial score (nSPS) is 17.5. The fourth-order valence-corrected chi connectivity index (χ4v) is 6.08. The highest BCUT2D eigenvalue weighted by molar-refractivity contribution is 7.87. The molecule has 14 heteroatoms. The number of hydrogen-bond donors (Lipinski definition) is 1. The van der Waals surface area contributed by atoms with Gasteiger partial charge in [0, 0.05) is 23.3 Å². The Morgan fingerprint density at radius 3 is 2.51 bits per heavy atom. The highest BCUT2D eigenvalue weighted by Gasteiger charge is 2.31. The Bertz CT molecular complexity index is 1630. The summed E-state index contributed by atoms with van der Waals surface area (Å²) < 4.78 is 82.4. The van der Waals surface area contributed by atoms with Gasteiger partial charge in [-0.15, -0.1) is 0 Å². The summed E-state index contributed by atoms with van der Waals surface area (Å²) in [6.07, 6.45) is -2.65. The molecule has 1 aliphatic carbocycles. The summed E-state index contributed by atoms with van der Waals surface area (Å²) in [6, 6.07) is 11.2. The van der Waals surface area contributed by atoms with Crippen molar-refractivity contribution in [3.8, 4) is 28.9 Å². The van der Waals surface area contributed by atoms with Crippen molar-refractivity contribution in [2.75, 3.05) is 19.8 Å². The molecule has 0 radical (unpaired) electrons. The van der Waals surface area contributed by atoms with Gasteiger partial charge in [0.25, 0.3) is 5.91 Å². The number of benzene rings is 2. The summed E-state index contributed by atoms with van der Waals surface area (Å²) in [6.45, 7) is 1.64. The van der Waals surface area contributed by atoms with Crippen LogP contribution in [0.15, 0.2) is 42.5 Å². The van der Waals surface area contributed by atoms with E-state index in [0.29, 0.717) is 17.4 Å². The largest absolute Gasteiger partial charge is 0.390 e. The van der Waals surface area contributed by atoms with Gasteiger partial charge in [0.05, 0.1) is 29.5 Å². The van der Waals surface area contributed by atoms with Crippen LogP contribution in [0.1, 0.15) is 53.8 Å². The molecular formula is C29H31F4N5O4S. The Morgan fingerprint density at radius 1 is 1.19 bits per heavy atom. The van der Waals surface area contributed by atoms with Crippen molar-refractivity contribution < 1.29 is 35.0 Å². The summed E-state index contributed by atoms with van der Waals surface area (Å²) in [4.78, 5) is 20.2. The number of amides is 1. The number of aromatic nitrogens is 2. The van der Waals surface area contributed by atoms with Crippen molar-refractivity contribution in [1.29, 1.82) is 5.26 Å². The van der Waals surface area contributed by atoms with E-state index < -0.39 is 40.2 Å². The molecule has 2 atom stereocenters. The van der Waals surface area contributed by atoms with E-state index in [2.05, 4.69) is 15.2 Å². The molecule has 1 fully saturated rings. The van der Waals surface area contributed by atoms with E-state index >= 15 is 0 Å². The highest BCUT2D eigenvalue weighted by Crippen LogP contribution is 2.30. The number of alkyl halides is 3. The summed E-state index contributed by atoms with van der Waals surface area (Å²) in [7, 11) is -0.524. The standard InChI is InChI=1S/C29H31F4N5O4S/c1-18-26(28(39)35-22-5-4-6-24(16-22)37(2)3)36-27(20-13-19(17-34)14-21(30)15-20)38(18)23-7-9-25(10-8-23)42-43(40,41)12-11-29(31,32)33/h7-10,13-15,22,24H,4-6,11-12,16H2,1-3H3,(H,35,39). The van der Waals surface area contributed by atoms with E-state index in [4.69, 9.17) is 4.18 Å². The van der Waals surface area contributed by atoms with Gasteiger partial charge in [-0.2, -0.15) is 26.9 Å². The van der Waals surface area contributed by atoms with Gasteiger partial charge >= 0.3 is 16.3 Å². The van der Waals surface area contributed by atoms with Gasteiger partial charge in [-0.3, -0.25) is 9.36 Å². The van der Waals surface area contributed by atoms with Crippen LogP contribution in [0.3, 0.4) is 0 Å². The van der Waals surface area contributed by atoms with Crippen LogP contribution in [0.2, 0.25) is 0 Å². The Labute approximate surface area is 247 Å². The molecule has 1 aliphatic rings. The fourth-order valence-electron chi connectivity index (χ4n) is 5.11. The lowest BCUT2D eigenvalue weighted by Gasteiger charge is -2.33. The zero-order chi connectivity index (χ0) is 31.5. The minimum atomic E-state index is -4.66. The smallest absolute Gasteiger partial charge is 0.382 e. The first-order chi connectivity index (χ1) is 20.2. The summed E-state index contributed by atoms with van der Waals surface area (Å²) in [5.41, 5.74) is 1.12. The van der Waals surface area contributed by atoms with Gasteiger partial charge in [-0.1, -0.05) is 0 Å². The second-order valence-electron chi connectivity index (χ2n) is 10.7. The summed E-state index contributed by atoms with van der Waals surface area (Å²) >= 11 is 0. The minimum Gasteiger partial charge on any atom is -0.382 e. The average molecular weight is 622 g/mol. The van der Waals surface area contributed by atoms with Crippen molar-refractivity contribution in [1.82, 2.24) is 19.8 Å². The molecule has 43 heavy (non-hydrogen) atoms. The maximum Gasteiger partial charge on any atom is 0.390 e. The maximum absolute atomic E-state index is 14.4. The number of nitriles is 1. The minimum absolute atomic E-state index is 0.0398. The predicted octanol–water partition coefficient (Wildman–Crippen LogP) is 5.12. The number of imidazole rings is 1. The molecule has 0 saturated heterocycles. The summed E-state index contributed by atoms with van der Waals surface area (Å²) in [5.74, 6) is -2.40. The highest BCUT2D eigenvalue weighted by atomic mass is 32.2. The lowest BCUT2D eigenvalue weighted by atomic mass is 9.90. The van der Waals surface area contributed by atoms with Gasteiger partial charge in [0.2, 0.25) is 0 Å². The SMILES string of the molecule is Cc1c(C(=O)NC2CCCC(N(C)C)C2)nc(-c2cc(F)cc(C#N)c2)n1-c1ccc(OS(=O)(=O)CCC(F)(F)F)cc1. The van der Waals surface area contributed by atoms with Crippen molar-refractivity contribution >= 4 is 16.0 Å². The number of rotatable bonds is 9. The first kappa shape index (κ1) is 32.0. The number of halogens is 4. The quantitative estimate of drug-likeness (QED) is 0.260. The molecule has 1 saturated carbocycles. The third-order valence-electron chi connectivity index (χ3n) is 7.27. The van der Waals surface area contributed by atoms with Gasteiger partial charge in [0.15, 0.2) is 0 Å². The molecule has 0 bridgehead atoms. The maximum atomic E-state index is 14.4. The monoisotopic (exact) mass is 621 g/mol. The first-order valence-corrected chi connectivity index (χ1v) is 15.1. The van der Waals surface area contributed by atoms with Crippen LogP contribution in [0.4, 0.5) is 17.6 Å².